The van der Waals surface area contributed by atoms with Gasteiger partial charge in [0.05, 0.1) is 0 Å². The van der Waals surface area contributed by atoms with Crippen LogP contribution in [0.25, 0.3) is 0 Å². The van der Waals surface area contributed by atoms with Crippen LogP contribution >= 0.6 is 0 Å². The Balaban J connectivity index is 1.88. The molecular weight excluding hydrogens is 215 g/mol. The molecule has 1 N–H and O–H groups in total. The zero-order valence-corrected chi connectivity index (χ0v) is 10.7. The minimum absolute atomic E-state index is 0.159. The number of likely N-dealkylation sites (tertiary alicyclic amines) is 1. The number of piperidine rings is 1. The molecule has 1 heterocycles. The molecule has 0 amide bonds. The number of rotatable bonds is 3. The van der Waals surface area contributed by atoms with Crippen molar-refractivity contribution in [1.29, 1.82) is 0 Å². The van der Waals surface area contributed by atoms with E-state index in [-0.39, 0.29) is 5.82 Å². The smallest absolute Gasteiger partial charge is 0.125 e. The van der Waals surface area contributed by atoms with E-state index in [9.17, 15) is 4.39 Å². The van der Waals surface area contributed by atoms with Crippen LogP contribution in [0.15, 0.2) is 18.2 Å². The lowest BCUT2D eigenvalue weighted by atomic mass is 9.98. The van der Waals surface area contributed by atoms with Crippen molar-refractivity contribution in [2.24, 2.45) is 5.92 Å². The van der Waals surface area contributed by atoms with Crippen LogP contribution in [0.2, 0.25) is 0 Å². The summed E-state index contributed by atoms with van der Waals surface area (Å²) < 4.78 is 13.2. The van der Waals surface area contributed by atoms with Crippen LogP contribution in [-0.2, 0) is 0 Å². The summed E-state index contributed by atoms with van der Waals surface area (Å²) in [4.78, 5) is 2.37. The summed E-state index contributed by atoms with van der Waals surface area (Å²) in [6, 6.07) is 5.12. The highest BCUT2D eigenvalue weighted by Crippen LogP contribution is 2.18. The Labute approximate surface area is 103 Å². The average Bonchev–Trinajstić information content (AvgIpc) is 2.25. The first-order valence-electron chi connectivity index (χ1n) is 6.33. The van der Waals surface area contributed by atoms with Crippen molar-refractivity contribution in [2.75, 3.05) is 32.0 Å². The van der Waals surface area contributed by atoms with Crippen molar-refractivity contribution in [1.82, 2.24) is 4.90 Å². The molecule has 2 rings (SSSR count). The maximum atomic E-state index is 13.2. The number of nitrogens with one attached hydrogen (secondary N) is 1. The fourth-order valence-electron chi connectivity index (χ4n) is 2.54. The van der Waals surface area contributed by atoms with Gasteiger partial charge in [0.2, 0.25) is 0 Å². The minimum Gasteiger partial charge on any atom is -0.385 e. The van der Waals surface area contributed by atoms with E-state index < -0.39 is 0 Å². The van der Waals surface area contributed by atoms with E-state index in [1.165, 1.54) is 19.4 Å². The first-order chi connectivity index (χ1) is 8.13. The highest BCUT2D eigenvalue weighted by atomic mass is 19.1. The Morgan fingerprint density at radius 3 is 2.94 bits per heavy atom. The van der Waals surface area contributed by atoms with E-state index >= 15 is 0 Å². The summed E-state index contributed by atoms with van der Waals surface area (Å²) in [7, 11) is 2.17. The fourth-order valence-corrected chi connectivity index (χ4v) is 2.54. The molecule has 0 saturated carbocycles. The predicted molar refractivity (Wildman–Crippen MR) is 69.8 cm³/mol. The first-order valence-corrected chi connectivity index (χ1v) is 6.33. The summed E-state index contributed by atoms with van der Waals surface area (Å²) in [6.45, 7) is 5.20. The van der Waals surface area contributed by atoms with Crippen molar-refractivity contribution in [2.45, 2.75) is 19.8 Å². The van der Waals surface area contributed by atoms with Crippen LogP contribution in [0.5, 0.6) is 0 Å². The molecule has 1 aromatic rings. The van der Waals surface area contributed by atoms with E-state index in [4.69, 9.17) is 0 Å². The molecule has 1 saturated heterocycles. The standard InChI is InChI=1S/C14H21FN2/c1-11-6-13(15)8-14(7-11)16-9-12-4-3-5-17(2)10-12/h6-8,12,16H,3-5,9-10H2,1-2H3. The van der Waals surface area contributed by atoms with Gasteiger partial charge in [-0.1, -0.05) is 0 Å². The zero-order chi connectivity index (χ0) is 12.3. The number of anilines is 1. The number of benzene rings is 1. The van der Waals surface area contributed by atoms with Crippen LogP contribution in [0, 0.1) is 18.7 Å². The lowest BCUT2D eigenvalue weighted by Crippen LogP contribution is -2.35. The summed E-state index contributed by atoms with van der Waals surface area (Å²) >= 11 is 0. The van der Waals surface area contributed by atoms with Gasteiger partial charge in [-0.3, -0.25) is 0 Å². The molecule has 0 radical (unpaired) electrons. The largest absolute Gasteiger partial charge is 0.385 e. The van der Waals surface area contributed by atoms with E-state index in [2.05, 4.69) is 17.3 Å². The second-order valence-electron chi connectivity index (χ2n) is 5.17. The quantitative estimate of drug-likeness (QED) is 0.868. The molecule has 1 unspecified atom stereocenters. The molecule has 1 aliphatic rings. The Bertz CT molecular complexity index is 358. The van der Waals surface area contributed by atoms with Gasteiger partial charge in [0.15, 0.2) is 0 Å². The normalized spacial score (nSPS) is 21.5. The Morgan fingerprint density at radius 2 is 2.24 bits per heavy atom. The predicted octanol–water partition coefficient (Wildman–Crippen LogP) is 2.89. The maximum Gasteiger partial charge on any atom is 0.125 e. The number of nitrogens with zero attached hydrogens (tertiary/aromatic N) is 1. The molecule has 1 fully saturated rings. The van der Waals surface area contributed by atoms with Gasteiger partial charge in [-0.15, -0.1) is 0 Å². The van der Waals surface area contributed by atoms with Crippen LogP contribution in [0.3, 0.4) is 0 Å². The van der Waals surface area contributed by atoms with Crippen LogP contribution < -0.4 is 5.32 Å². The lowest BCUT2D eigenvalue weighted by molar-refractivity contribution is 0.217. The monoisotopic (exact) mass is 236 g/mol. The van der Waals surface area contributed by atoms with Crippen LogP contribution in [0.1, 0.15) is 18.4 Å². The third kappa shape index (κ3) is 3.70. The van der Waals surface area contributed by atoms with Crippen molar-refractivity contribution in [3.63, 3.8) is 0 Å². The van der Waals surface area contributed by atoms with Gasteiger partial charge in [0.1, 0.15) is 5.82 Å². The van der Waals surface area contributed by atoms with E-state index in [0.29, 0.717) is 5.92 Å². The van der Waals surface area contributed by atoms with Crippen molar-refractivity contribution >= 4 is 5.69 Å². The fraction of sp³-hybridized carbons (Fsp3) is 0.571. The van der Waals surface area contributed by atoms with Gasteiger partial charge in [0.25, 0.3) is 0 Å². The maximum absolute atomic E-state index is 13.2. The average molecular weight is 236 g/mol. The van der Waals surface area contributed by atoms with Gasteiger partial charge < -0.3 is 10.2 Å². The molecule has 3 heteroatoms. The lowest BCUT2D eigenvalue weighted by Gasteiger charge is -2.30. The Kier molecular flexibility index (Phi) is 4.00. The molecule has 0 spiro atoms. The highest BCUT2D eigenvalue weighted by molar-refractivity contribution is 5.46. The second-order valence-corrected chi connectivity index (χ2v) is 5.17. The van der Waals surface area contributed by atoms with Crippen LogP contribution in [-0.4, -0.2) is 31.6 Å². The van der Waals surface area contributed by atoms with E-state index in [1.807, 2.05) is 13.0 Å². The minimum atomic E-state index is -0.159. The number of halogens is 1. The molecule has 0 aromatic heterocycles. The highest BCUT2D eigenvalue weighted by Gasteiger charge is 2.16. The SMILES string of the molecule is Cc1cc(F)cc(NCC2CCCN(C)C2)c1. The summed E-state index contributed by atoms with van der Waals surface area (Å²) in [6.07, 6.45) is 2.54. The van der Waals surface area contributed by atoms with Gasteiger partial charge >= 0.3 is 0 Å². The van der Waals surface area contributed by atoms with Crippen LogP contribution in [0.4, 0.5) is 10.1 Å². The summed E-state index contributed by atoms with van der Waals surface area (Å²) in [5.74, 6) is 0.519. The van der Waals surface area contributed by atoms with Gasteiger partial charge in [-0.25, -0.2) is 4.39 Å². The molecule has 1 aromatic carbocycles. The van der Waals surface area contributed by atoms with Crippen molar-refractivity contribution < 1.29 is 4.39 Å². The summed E-state index contributed by atoms with van der Waals surface area (Å²) in [5.41, 5.74) is 1.86. The number of hydrogen-bond acceptors (Lipinski definition) is 2. The number of aryl methyl sites for hydroxylation is 1. The zero-order valence-electron chi connectivity index (χ0n) is 10.7. The van der Waals surface area contributed by atoms with Gasteiger partial charge in [0, 0.05) is 18.8 Å². The first kappa shape index (κ1) is 12.4. The molecule has 0 bridgehead atoms. The van der Waals surface area contributed by atoms with Gasteiger partial charge in [-0.05, 0) is 63.0 Å². The second kappa shape index (κ2) is 5.50. The molecule has 17 heavy (non-hydrogen) atoms. The van der Waals surface area contributed by atoms with Crippen molar-refractivity contribution in [3.05, 3.63) is 29.6 Å². The number of hydrogen-bond donors (Lipinski definition) is 1. The third-order valence-corrected chi connectivity index (χ3v) is 3.36. The molecule has 2 nitrogen and oxygen atoms in total. The Hall–Kier alpha value is -1.09. The topological polar surface area (TPSA) is 15.3 Å². The van der Waals surface area contributed by atoms with Gasteiger partial charge in [-0.2, -0.15) is 0 Å². The third-order valence-electron chi connectivity index (χ3n) is 3.36. The molecular formula is C14H21FN2. The molecule has 0 aliphatic carbocycles. The molecule has 1 aliphatic heterocycles. The van der Waals surface area contributed by atoms with E-state index in [0.717, 1.165) is 24.3 Å². The van der Waals surface area contributed by atoms with Crippen molar-refractivity contribution in [3.8, 4) is 0 Å². The molecule has 94 valence electrons. The Morgan fingerprint density at radius 1 is 1.41 bits per heavy atom. The molecule has 1 atom stereocenters. The van der Waals surface area contributed by atoms with E-state index in [1.54, 1.807) is 12.1 Å². The summed E-state index contributed by atoms with van der Waals surface area (Å²) in [5, 5.41) is 3.35.